The zero-order chi connectivity index (χ0) is 9.47. The van der Waals surface area contributed by atoms with Crippen LogP contribution in [0, 0.1) is 11.3 Å². The second-order valence-corrected chi connectivity index (χ2v) is 5.12. The Morgan fingerprint density at radius 1 is 1.23 bits per heavy atom. The molecule has 0 amide bonds. The molecule has 1 unspecified atom stereocenters. The SMILES string of the molecule is CC(C)(C)C1C=C2COCC2=CC1. The molecular weight excluding hydrogens is 160 g/mol. The Morgan fingerprint density at radius 3 is 2.62 bits per heavy atom. The Bertz CT molecular complexity index is 265. The molecule has 0 aromatic carbocycles. The van der Waals surface area contributed by atoms with Gasteiger partial charge in [0.2, 0.25) is 0 Å². The van der Waals surface area contributed by atoms with Crippen LogP contribution in [0.3, 0.4) is 0 Å². The number of allylic oxidation sites excluding steroid dienone is 2. The first kappa shape index (κ1) is 9.01. The summed E-state index contributed by atoms with van der Waals surface area (Å²) in [5.74, 6) is 0.688. The molecule has 2 aliphatic rings. The standard InChI is InChI=1S/C12H18O/c1-12(2,3)11-5-4-9-7-13-8-10(9)6-11/h4,6,11H,5,7-8H2,1-3H3. The molecule has 0 N–H and O–H groups in total. The second kappa shape index (κ2) is 2.98. The number of fused-ring (bicyclic) bond motifs is 1. The lowest BCUT2D eigenvalue weighted by atomic mass is 9.75. The van der Waals surface area contributed by atoms with Gasteiger partial charge in [-0.3, -0.25) is 0 Å². The first-order chi connectivity index (χ1) is 6.07. The fourth-order valence-corrected chi connectivity index (χ4v) is 1.99. The number of hydrogen-bond acceptors (Lipinski definition) is 1. The van der Waals surface area contributed by atoms with Crippen LogP contribution in [0.25, 0.3) is 0 Å². The molecule has 1 heterocycles. The molecule has 1 aliphatic carbocycles. The van der Waals surface area contributed by atoms with Crippen molar-refractivity contribution in [3.63, 3.8) is 0 Å². The van der Waals surface area contributed by atoms with Crippen LogP contribution in [-0.2, 0) is 4.74 Å². The summed E-state index contributed by atoms with van der Waals surface area (Å²) in [7, 11) is 0. The van der Waals surface area contributed by atoms with E-state index in [1.807, 2.05) is 0 Å². The van der Waals surface area contributed by atoms with Gasteiger partial charge in [-0.25, -0.2) is 0 Å². The van der Waals surface area contributed by atoms with Crippen molar-refractivity contribution in [2.24, 2.45) is 11.3 Å². The molecule has 0 saturated carbocycles. The van der Waals surface area contributed by atoms with Gasteiger partial charge in [-0.05, 0) is 28.9 Å². The van der Waals surface area contributed by atoms with Crippen LogP contribution in [0.2, 0.25) is 0 Å². The van der Waals surface area contributed by atoms with Crippen molar-refractivity contribution in [1.82, 2.24) is 0 Å². The summed E-state index contributed by atoms with van der Waals surface area (Å²) in [5, 5.41) is 0. The predicted octanol–water partition coefficient (Wildman–Crippen LogP) is 2.94. The molecule has 1 atom stereocenters. The van der Waals surface area contributed by atoms with Gasteiger partial charge in [0, 0.05) is 0 Å². The van der Waals surface area contributed by atoms with E-state index in [1.165, 1.54) is 17.6 Å². The first-order valence-corrected chi connectivity index (χ1v) is 5.05. The maximum Gasteiger partial charge on any atom is 0.0721 e. The zero-order valence-corrected chi connectivity index (χ0v) is 8.76. The summed E-state index contributed by atoms with van der Waals surface area (Å²) in [5.41, 5.74) is 3.25. The van der Waals surface area contributed by atoms with Gasteiger partial charge in [-0.2, -0.15) is 0 Å². The Balaban J connectivity index is 2.19. The summed E-state index contributed by atoms with van der Waals surface area (Å²) in [6.07, 6.45) is 5.96. The summed E-state index contributed by atoms with van der Waals surface area (Å²) in [6.45, 7) is 8.59. The molecule has 0 spiro atoms. The highest BCUT2D eigenvalue weighted by Gasteiger charge is 2.27. The maximum absolute atomic E-state index is 5.42. The summed E-state index contributed by atoms with van der Waals surface area (Å²) < 4.78 is 5.42. The molecule has 1 fully saturated rings. The Morgan fingerprint density at radius 2 is 1.92 bits per heavy atom. The van der Waals surface area contributed by atoms with Gasteiger partial charge < -0.3 is 4.74 Å². The van der Waals surface area contributed by atoms with E-state index in [9.17, 15) is 0 Å². The van der Waals surface area contributed by atoms with E-state index in [2.05, 4.69) is 32.9 Å². The summed E-state index contributed by atoms with van der Waals surface area (Å²) >= 11 is 0. The number of hydrogen-bond donors (Lipinski definition) is 0. The van der Waals surface area contributed by atoms with Gasteiger partial charge in [-0.15, -0.1) is 0 Å². The third kappa shape index (κ3) is 1.71. The van der Waals surface area contributed by atoms with Crippen molar-refractivity contribution in [1.29, 1.82) is 0 Å². The highest BCUT2D eigenvalue weighted by molar-refractivity contribution is 5.38. The van der Waals surface area contributed by atoms with Crippen LogP contribution in [0.1, 0.15) is 27.2 Å². The van der Waals surface area contributed by atoms with Crippen LogP contribution < -0.4 is 0 Å². The molecule has 0 bridgehead atoms. The predicted molar refractivity (Wildman–Crippen MR) is 54.5 cm³/mol. The van der Waals surface area contributed by atoms with Gasteiger partial charge in [0.05, 0.1) is 13.2 Å². The molecule has 2 rings (SSSR count). The van der Waals surface area contributed by atoms with E-state index in [4.69, 9.17) is 4.74 Å². The molecule has 1 aliphatic heterocycles. The van der Waals surface area contributed by atoms with Crippen molar-refractivity contribution in [3.05, 3.63) is 23.3 Å². The molecule has 1 saturated heterocycles. The fraction of sp³-hybridized carbons (Fsp3) is 0.667. The van der Waals surface area contributed by atoms with Gasteiger partial charge >= 0.3 is 0 Å². The quantitative estimate of drug-likeness (QED) is 0.554. The highest BCUT2D eigenvalue weighted by atomic mass is 16.5. The van der Waals surface area contributed by atoms with E-state index in [0.717, 1.165) is 13.2 Å². The van der Waals surface area contributed by atoms with Crippen LogP contribution >= 0.6 is 0 Å². The summed E-state index contributed by atoms with van der Waals surface area (Å²) in [6, 6.07) is 0. The van der Waals surface area contributed by atoms with E-state index in [0.29, 0.717) is 11.3 Å². The molecular formula is C12H18O. The minimum absolute atomic E-state index is 0.387. The minimum atomic E-state index is 0.387. The fourth-order valence-electron chi connectivity index (χ4n) is 1.99. The average molecular weight is 178 g/mol. The molecule has 0 radical (unpaired) electrons. The molecule has 1 heteroatoms. The molecule has 1 nitrogen and oxygen atoms in total. The number of rotatable bonds is 0. The molecule has 13 heavy (non-hydrogen) atoms. The third-order valence-corrected chi connectivity index (χ3v) is 3.06. The Kier molecular flexibility index (Phi) is 2.07. The topological polar surface area (TPSA) is 9.23 Å². The van der Waals surface area contributed by atoms with Crippen molar-refractivity contribution in [2.45, 2.75) is 27.2 Å². The van der Waals surface area contributed by atoms with Gasteiger partial charge in [0.15, 0.2) is 0 Å². The lowest BCUT2D eigenvalue weighted by Gasteiger charge is -2.30. The lowest BCUT2D eigenvalue weighted by Crippen LogP contribution is -2.20. The van der Waals surface area contributed by atoms with E-state index in [1.54, 1.807) is 0 Å². The van der Waals surface area contributed by atoms with Crippen LogP contribution in [-0.4, -0.2) is 13.2 Å². The monoisotopic (exact) mass is 178 g/mol. The minimum Gasteiger partial charge on any atom is -0.372 e. The zero-order valence-electron chi connectivity index (χ0n) is 8.76. The van der Waals surface area contributed by atoms with E-state index >= 15 is 0 Å². The highest BCUT2D eigenvalue weighted by Crippen LogP contribution is 2.37. The van der Waals surface area contributed by atoms with Gasteiger partial charge in [0.1, 0.15) is 0 Å². The van der Waals surface area contributed by atoms with Crippen LogP contribution in [0.4, 0.5) is 0 Å². The smallest absolute Gasteiger partial charge is 0.0721 e. The Hall–Kier alpha value is -0.560. The molecule has 0 aromatic heterocycles. The third-order valence-electron chi connectivity index (χ3n) is 3.06. The van der Waals surface area contributed by atoms with Crippen molar-refractivity contribution in [2.75, 3.05) is 13.2 Å². The van der Waals surface area contributed by atoms with Crippen molar-refractivity contribution < 1.29 is 4.74 Å². The lowest BCUT2D eigenvalue weighted by molar-refractivity contribution is 0.214. The van der Waals surface area contributed by atoms with E-state index < -0.39 is 0 Å². The average Bonchev–Trinajstić information content (AvgIpc) is 2.47. The van der Waals surface area contributed by atoms with Gasteiger partial charge in [-0.1, -0.05) is 32.9 Å². The molecule has 72 valence electrons. The largest absolute Gasteiger partial charge is 0.372 e. The first-order valence-electron chi connectivity index (χ1n) is 5.05. The second-order valence-electron chi connectivity index (χ2n) is 5.12. The van der Waals surface area contributed by atoms with Crippen molar-refractivity contribution in [3.8, 4) is 0 Å². The summed E-state index contributed by atoms with van der Waals surface area (Å²) in [4.78, 5) is 0. The van der Waals surface area contributed by atoms with Crippen molar-refractivity contribution >= 4 is 0 Å². The van der Waals surface area contributed by atoms with Gasteiger partial charge in [0.25, 0.3) is 0 Å². The van der Waals surface area contributed by atoms with Crippen LogP contribution in [0.5, 0.6) is 0 Å². The maximum atomic E-state index is 5.42. The Labute approximate surface area is 80.5 Å². The van der Waals surface area contributed by atoms with Crippen LogP contribution in [0.15, 0.2) is 23.3 Å². The normalized spacial score (nSPS) is 28.1. The van der Waals surface area contributed by atoms with E-state index in [-0.39, 0.29) is 0 Å². The number of ether oxygens (including phenoxy) is 1. The molecule has 0 aromatic rings.